The summed E-state index contributed by atoms with van der Waals surface area (Å²) in [4.78, 5) is 0. The third kappa shape index (κ3) is 2.11. The maximum Gasteiger partial charge on any atom is 0.191 e. The Bertz CT molecular complexity index is 364. The van der Waals surface area contributed by atoms with E-state index in [1.54, 1.807) is 11.8 Å². The van der Waals surface area contributed by atoms with Crippen LogP contribution in [-0.2, 0) is 0 Å². The van der Waals surface area contributed by atoms with Crippen LogP contribution in [0.25, 0.3) is 0 Å². The van der Waals surface area contributed by atoms with E-state index >= 15 is 0 Å². The Balaban J connectivity index is 1.70. The van der Waals surface area contributed by atoms with Crippen LogP contribution in [0.15, 0.2) is 11.5 Å². The van der Waals surface area contributed by atoms with Gasteiger partial charge in [-0.15, -0.1) is 10.2 Å². The van der Waals surface area contributed by atoms with E-state index in [0.717, 1.165) is 24.4 Å². The van der Waals surface area contributed by atoms with Crippen molar-refractivity contribution in [1.82, 2.24) is 14.8 Å². The van der Waals surface area contributed by atoms with Gasteiger partial charge in [-0.2, -0.15) is 0 Å². The lowest BCUT2D eigenvalue weighted by molar-refractivity contribution is 0.136. The fraction of sp³-hybridized carbons (Fsp3) is 0.818. The van der Waals surface area contributed by atoms with Crippen molar-refractivity contribution < 1.29 is 5.11 Å². The topological polar surface area (TPSA) is 50.9 Å². The fourth-order valence-electron chi connectivity index (χ4n) is 2.27. The molecule has 0 radical (unpaired) electrons. The highest BCUT2D eigenvalue weighted by molar-refractivity contribution is 7.99. The highest BCUT2D eigenvalue weighted by Crippen LogP contribution is 2.40. The number of rotatable bonds is 3. The molecule has 88 valence electrons. The second-order valence-corrected chi connectivity index (χ2v) is 5.97. The standard InChI is InChI=1S/C11H17N3OS/c15-9-3-1-2-4-10(9)16-11-13-12-7-14(11)8-5-6-8/h7-10,15H,1-6H2. The summed E-state index contributed by atoms with van der Waals surface area (Å²) in [5.74, 6) is 0. The molecule has 2 unspecified atom stereocenters. The summed E-state index contributed by atoms with van der Waals surface area (Å²) < 4.78 is 2.17. The summed E-state index contributed by atoms with van der Waals surface area (Å²) in [6, 6.07) is 0.623. The third-order valence-electron chi connectivity index (χ3n) is 3.40. The zero-order chi connectivity index (χ0) is 11.0. The van der Waals surface area contributed by atoms with Gasteiger partial charge in [0, 0.05) is 11.3 Å². The van der Waals surface area contributed by atoms with Gasteiger partial charge in [-0.05, 0) is 25.7 Å². The molecule has 0 aromatic carbocycles. The summed E-state index contributed by atoms with van der Waals surface area (Å²) in [6.07, 6.45) is 8.59. The first-order valence-electron chi connectivity index (χ1n) is 6.09. The number of hydrogen-bond donors (Lipinski definition) is 1. The Hall–Kier alpha value is -0.550. The molecule has 1 aromatic heterocycles. The van der Waals surface area contributed by atoms with Gasteiger partial charge in [-0.3, -0.25) is 0 Å². The molecule has 0 saturated heterocycles. The van der Waals surface area contributed by atoms with E-state index in [9.17, 15) is 5.11 Å². The van der Waals surface area contributed by atoms with E-state index in [1.165, 1.54) is 19.3 Å². The first kappa shape index (κ1) is 10.6. The number of nitrogens with zero attached hydrogens (tertiary/aromatic N) is 3. The Morgan fingerprint density at radius 3 is 2.81 bits per heavy atom. The molecule has 2 saturated carbocycles. The van der Waals surface area contributed by atoms with E-state index in [0.29, 0.717) is 11.3 Å². The van der Waals surface area contributed by atoms with Crippen molar-refractivity contribution in [2.24, 2.45) is 0 Å². The average Bonchev–Trinajstić information content (AvgIpc) is 3.03. The molecule has 4 nitrogen and oxygen atoms in total. The maximum atomic E-state index is 9.93. The molecule has 2 aliphatic rings. The van der Waals surface area contributed by atoms with Gasteiger partial charge >= 0.3 is 0 Å². The fourth-order valence-corrected chi connectivity index (χ4v) is 3.53. The Morgan fingerprint density at radius 1 is 1.25 bits per heavy atom. The predicted molar refractivity (Wildman–Crippen MR) is 62.4 cm³/mol. The van der Waals surface area contributed by atoms with Crippen LogP contribution < -0.4 is 0 Å². The molecule has 2 aliphatic carbocycles. The SMILES string of the molecule is OC1CCCCC1Sc1nncn1C1CC1. The summed E-state index contributed by atoms with van der Waals surface area (Å²) in [5.41, 5.74) is 0. The summed E-state index contributed by atoms with van der Waals surface area (Å²) >= 11 is 1.71. The molecule has 2 fully saturated rings. The van der Waals surface area contributed by atoms with Crippen molar-refractivity contribution >= 4 is 11.8 Å². The largest absolute Gasteiger partial charge is 0.392 e. The molecule has 0 spiro atoms. The second-order valence-electron chi connectivity index (χ2n) is 4.76. The van der Waals surface area contributed by atoms with Crippen LogP contribution in [0.2, 0.25) is 0 Å². The summed E-state index contributed by atoms with van der Waals surface area (Å²) in [5, 5.41) is 19.4. The zero-order valence-corrected chi connectivity index (χ0v) is 10.1. The van der Waals surface area contributed by atoms with Crippen molar-refractivity contribution in [2.45, 2.75) is 61.1 Å². The predicted octanol–water partition coefficient (Wildman–Crippen LogP) is 2.01. The van der Waals surface area contributed by atoms with Gasteiger partial charge in [0.15, 0.2) is 5.16 Å². The van der Waals surface area contributed by atoms with Crippen LogP contribution in [0.1, 0.15) is 44.6 Å². The Morgan fingerprint density at radius 2 is 2.06 bits per heavy atom. The monoisotopic (exact) mass is 239 g/mol. The molecule has 1 heterocycles. The molecule has 2 atom stereocenters. The van der Waals surface area contributed by atoms with Crippen LogP contribution >= 0.6 is 11.8 Å². The van der Waals surface area contributed by atoms with Gasteiger partial charge in [0.05, 0.1) is 6.10 Å². The van der Waals surface area contributed by atoms with E-state index in [-0.39, 0.29) is 6.10 Å². The van der Waals surface area contributed by atoms with Crippen molar-refractivity contribution in [3.8, 4) is 0 Å². The Kier molecular flexibility index (Phi) is 2.90. The summed E-state index contributed by atoms with van der Waals surface area (Å²) in [7, 11) is 0. The van der Waals surface area contributed by atoms with E-state index < -0.39 is 0 Å². The van der Waals surface area contributed by atoms with E-state index in [1.807, 2.05) is 6.33 Å². The highest BCUT2D eigenvalue weighted by Gasteiger charge is 2.30. The maximum absolute atomic E-state index is 9.93. The van der Waals surface area contributed by atoms with Crippen LogP contribution in [0.5, 0.6) is 0 Å². The molecule has 0 aliphatic heterocycles. The lowest BCUT2D eigenvalue weighted by Gasteiger charge is -2.26. The molecular formula is C11H17N3OS. The van der Waals surface area contributed by atoms with Gasteiger partial charge in [0.1, 0.15) is 6.33 Å². The van der Waals surface area contributed by atoms with E-state index in [2.05, 4.69) is 14.8 Å². The van der Waals surface area contributed by atoms with Crippen molar-refractivity contribution in [1.29, 1.82) is 0 Å². The molecular weight excluding hydrogens is 222 g/mol. The second kappa shape index (κ2) is 4.37. The minimum atomic E-state index is -0.164. The van der Waals surface area contributed by atoms with Gasteiger partial charge in [-0.1, -0.05) is 24.6 Å². The quantitative estimate of drug-likeness (QED) is 0.876. The molecule has 16 heavy (non-hydrogen) atoms. The minimum Gasteiger partial charge on any atom is -0.392 e. The Labute approximate surface area is 99.4 Å². The lowest BCUT2D eigenvalue weighted by atomic mass is 9.97. The van der Waals surface area contributed by atoms with Gasteiger partial charge < -0.3 is 9.67 Å². The van der Waals surface area contributed by atoms with Gasteiger partial charge in [-0.25, -0.2) is 0 Å². The molecule has 3 rings (SSSR count). The molecule has 1 N–H and O–H groups in total. The number of thioether (sulfide) groups is 1. The number of aromatic nitrogens is 3. The van der Waals surface area contributed by atoms with Crippen LogP contribution in [0.3, 0.4) is 0 Å². The van der Waals surface area contributed by atoms with Crippen molar-refractivity contribution in [3.63, 3.8) is 0 Å². The van der Waals surface area contributed by atoms with Crippen molar-refractivity contribution in [2.75, 3.05) is 0 Å². The zero-order valence-electron chi connectivity index (χ0n) is 9.25. The number of aliphatic hydroxyl groups is 1. The van der Waals surface area contributed by atoms with E-state index in [4.69, 9.17) is 0 Å². The average molecular weight is 239 g/mol. The first-order chi connectivity index (χ1) is 7.84. The number of hydrogen-bond acceptors (Lipinski definition) is 4. The lowest BCUT2D eigenvalue weighted by Crippen LogP contribution is -2.27. The van der Waals surface area contributed by atoms with Crippen LogP contribution in [0.4, 0.5) is 0 Å². The molecule has 1 aromatic rings. The van der Waals surface area contributed by atoms with Crippen LogP contribution in [-0.4, -0.2) is 31.2 Å². The summed E-state index contributed by atoms with van der Waals surface area (Å²) in [6.45, 7) is 0. The smallest absolute Gasteiger partial charge is 0.191 e. The van der Waals surface area contributed by atoms with Crippen LogP contribution in [0, 0.1) is 0 Å². The third-order valence-corrected chi connectivity index (χ3v) is 4.76. The molecule has 5 heteroatoms. The van der Waals surface area contributed by atoms with Crippen molar-refractivity contribution in [3.05, 3.63) is 6.33 Å². The first-order valence-corrected chi connectivity index (χ1v) is 6.97. The molecule has 0 bridgehead atoms. The highest BCUT2D eigenvalue weighted by atomic mass is 32.2. The molecule has 0 amide bonds. The minimum absolute atomic E-state index is 0.164. The number of aliphatic hydroxyl groups excluding tert-OH is 1. The van der Waals surface area contributed by atoms with Gasteiger partial charge in [0.25, 0.3) is 0 Å². The van der Waals surface area contributed by atoms with Gasteiger partial charge in [0.2, 0.25) is 0 Å². The normalized spacial score (nSPS) is 30.6.